The molecule has 94 valence electrons. The predicted molar refractivity (Wildman–Crippen MR) is 68.9 cm³/mol. The van der Waals surface area contributed by atoms with E-state index in [0.29, 0.717) is 0 Å². The number of hydrogen-bond acceptors (Lipinski definition) is 3. The molecule has 0 heterocycles. The highest BCUT2D eigenvalue weighted by Crippen LogP contribution is 2.12. The van der Waals surface area contributed by atoms with Gasteiger partial charge in [0.25, 0.3) is 0 Å². The smallest absolute Gasteiger partial charge is 0.238 e. The number of amides is 1. The second-order valence-corrected chi connectivity index (χ2v) is 4.44. The molecule has 2 unspecified atom stereocenters. The fourth-order valence-electron chi connectivity index (χ4n) is 1.75. The van der Waals surface area contributed by atoms with Gasteiger partial charge in [0, 0.05) is 12.6 Å². The van der Waals surface area contributed by atoms with Crippen molar-refractivity contribution >= 4 is 5.91 Å². The van der Waals surface area contributed by atoms with E-state index in [2.05, 4.69) is 22.5 Å². The standard InChI is InChI=1S/C13H21N3O/c1-10(13(17)15-14)11(2)16(3)9-12-7-5-4-6-8-12/h4-8,10-11H,9,14H2,1-3H3,(H,15,17). The van der Waals surface area contributed by atoms with E-state index in [0.717, 1.165) is 6.54 Å². The van der Waals surface area contributed by atoms with Gasteiger partial charge in [0.2, 0.25) is 5.91 Å². The predicted octanol–water partition coefficient (Wildman–Crippen LogP) is 1.13. The Morgan fingerprint density at radius 2 is 1.94 bits per heavy atom. The summed E-state index contributed by atoms with van der Waals surface area (Å²) in [5, 5.41) is 0. The Hall–Kier alpha value is -1.39. The number of benzene rings is 1. The Bertz CT molecular complexity index is 353. The molecule has 0 radical (unpaired) electrons. The first-order chi connectivity index (χ1) is 8.06. The Balaban J connectivity index is 2.58. The molecule has 0 saturated carbocycles. The molecule has 0 saturated heterocycles. The van der Waals surface area contributed by atoms with Gasteiger partial charge in [-0.3, -0.25) is 15.1 Å². The van der Waals surface area contributed by atoms with Crippen molar-refractivity contribution in [1.82, 2.24) is 10.3 Å². The van der Waals surface area contributed by atoms with Crippen LogP contribution in [0.5, 0.6) is 0 Å². The number of carbonyl (C=O) groups excluding carboxylic acids is 1. The Morgan fingerprint density at radius 1 is 1.35 bits per heavy atom. The SMILES string of the molecule is CC(C(=O)NN)C(C)N(C)Cc1ccccc1. The van der Waals surface area contributed by atoms with Crippen LogP contribution in [-0.2, 0) is 11.3 Å². The molecule has 1 rings (SSSR count). The van der Waals surface area contributed by atoms with Gasteiger partial charge in [0.05, 0.1) is 5.92 Å². The number of nitrogens with zero attached hydrogens (tertiary/aromatic N) is 1. The number of hydrazine groups is 1. The summed E-state index contributed by atoms with van der Waals surface area (Å²) in [6, 6.07) is 10.3. The molecule has 0 aliphatic heterocycles. The Kier molecular flexibility index (Phi) is 5.12. The van der Waals surface area contributed by atoms with E-state index in [4.69, 9.17) is 5.84 Å². The van der Waals surface area contributed by atoms with E-state index >= 15 is 0 Å². The normalized spacial score (nSPS) is 14.4. The van der Waals surface area contributed by atoms with E-state index < -0.39 is 0 Å². The van der Waals surface area contributed by atoms with Crippen LogP contribution >= 0.6 is 0 Å². The van der Waals surface area contributed by atoms with Crippen LogP contribution in [0.4, 0.5) is 0 Å². The van der Waals surface area contributed by atoms with Crippen molar-refractivity contribution in [1.29, 1.82) is 0 Å². The molecule has 1 aromatic carbocycles. The van der Waals surface area contributed by atoms with Gasteiger partial charge >= 0.3 is 0 Å². The molecule has 0 bridgehead atoms. The number of nitrogens with one attached hydrogen (secondary N) is 1. The summed E-state index contributed by atoms with van der Waals surface area (Å²) in [5.74, 6) is 4.89. The van der Waals surface area contributed by atoms with E-state index in [-0.39, 0.29) is 17.9 Å². The van der Waals surface area contributed by atoms with E-state index in [1.807, 2.05) is 39.1 Å². The van der Waals surface area contributed by atoms with Crippen LogP contribution in [0.2, 0.25) is 0 Å². The van der Waals surface area contributed by atoms with Crippen LogP contribution in [0.25, 0.3) is 0 Å². The quantitative estimate of drug-likeness (QED) is 0.457. The highest BCUT2D eigenvalue weighted by molar-refractivity contribution is 5.78. The molecular weight excluding hydrogens is 214 g/mol. The maximum atomic E-state index is 11.4. The number of rotatable bonds is 5. The summed E-state index contributed by atoms with van der Waals surface area (Å²) in [6.45, 7) is 4.74. The number of nitrogens with two attached hydrogens (primary N) is 1. The molecule has 0 spiro atoms. The highest BCUT2D eigenvalue weighted by atomic mass is 16.2. The molecule has 3 N–H and O–H groups in total. The Labute approximate surface area is 103 Å². The van der Waals surface area contributed by atoms with Gasteiger partial charge in [-0.2, -0.15) is 0 Å². The second kappa shape index (κ2) is 6.37. The summed E-state index contributed by atoms with van der Waals surface area (Å²) in [7, 11) is 2.01. The van der Waals surface area contributed by atoms with Gasteiger partial charge in [-0.25, -0.2) is 5.84 Å². The van der Waals surface area contributed by atoms with E-state index in [1.54, 1.807) is 0 Å². The van der Waals surface area contributed by atoms with E-state index in [1.165, 1.54) is 5.56 Å². The van der Waals surface area contributed by atoms with Gasteiger partial charge in [0.1, 0.15) is 0 Å². The maximum absolute atomic E-state index is 11.4. The van der Waals surface area contributed by atoms with Crippen LogP contribution < -0.4 is 11.3 Å². The molecule has 0 aromatic heterocycles. The first-order valence-corrected chi connectivity index (χ1v) is 5.81. The third-order valence-electron chi connectivity index (χ3n) is 3.25. The zero-order valence-corrected chi connectivity index (χ0v) is 10.7. The minimum Gasteiger partial charge on any atom is -0.299 e. The van der Waals surface area contributed by atoms with Crippen molar-refractivity contribution in [3.05, 3.63) is 35.9 Å². The summed E-state index contributed by atoms with van der Waals surface area (Å²) in [4.78, 5) is 13.6. The highest BCUT2D eigenvalue weighted by Gasteiger charge is 2.22. The lowest BCUT2D eigenvalue weighted by Crippen LogP contribution is -2.44. The molecule has 1 aromatic rings. The van der Waals surface area contributed by atoms with Crippen molar-refractivity contribution in [2.75, 3.05) is 7.05 Å². The third kappa shape index (κ3) is 3.84. The average Bonchev–Trinajstić information content (AvgIpc) is 2.37. The molecule has 4 heteroatoms. The van der Waals surface area contributed by atoms with Crippen molar-refractivity contribution < 1.29 is 4.79 Å². The molecule has 1 amide bonds. The number of carbonyl (C=O) groups is 1. The average molecular weight is 235 g/mol. The first kappa shape index (κ1) is 13.7. The fourth-order valence-corrected chi connectivity index (χ4v) is 1.75. The number of hydrogen-bond donors (Lipinski definition) is 2. The van der Waals surface area contributed by atoms with Crippen LogP contribution in [0, 0.1) is 5.92 Å². The summed E-state index contributed by atoms with van der Waals surface area (Å²) >= 11 is 0. The molecule has 17 heavy (non-hydrogen) atoms. The monoisotopic (exact) mass is 235 g/mol. The minimum atomic E-state index is -0.131. The molecule has 2 atom stereocenters. The molecule has 0 fully saturated rings. The van der Waals surface area contributed by atoms with Gasteiger partial charge in [0.15, 0.2) is 0 Å². The lowest BCUT2D eigenvalue weighted by atomic mass is 10.0. The lowest BCUT2D eigenvalue weighted by Gasteiger charge is -2.28. The fraction of sp³-hybridized carbons (Fsp3) is 0.462. The molecule has 4 nitrogen and oxygen atoms in total. The second-order valence-electron chi connectivity index (χ2n) is 4.44. The van der Waals surface area contributed by atoms with Crippen molar-refractivity contribution in [2.45, 2.75) is 26.4 Å². The van der Waals surface area contributed by atoms with E-state index in [9.17, 15) is 4.79 Å². The van der Waals surface area contributed by atoms with Gasteiger partial charge in [-0.1, -0.05) is 37.3 Å². The minimum absolute atomic E-state index is 0.127. The lowest BCUT2D eigenvalue weighted by molar-refractivity contribution is -0.126. The topological polar surface area (TPSA) is 58.4 Å². The molecule has 0 aliphatic carbocycles. The van der Waals surface area contributed by atoms with Gasteiger partial charge in [-0.15, -0.1) is 0 Å². The van der Waals surface area contributed by atoms with Crippen molar-refractivity contribution in [2.24, 2.45) is 11.8 Å². The van der Waals surface area contributed by atoms with Gasteiger partial charge in [-0.05, 0) is 19.5 Å². The third-order valence-corrected chi connectivity index (χ3v) is 3.25. The summed E-state index contributed by atoms with van der Waals surface area (Å²) in [6.07, 6.45) is 0. The zero-order chi connectivity index (χ0) is 12.8. The maximum Gasteiger partial charge on any atom is 0.238 e. The van der Waals surface area contributed by atoms with Crippen LogP contribution in [0.1, 0.15) is 19.4 Å². The van der Waals surface area contributed by atoms with Crippen molar-refractivity contribution in [3.63, 3.8) is 0 Å². The first-order valence-electron chi connectivity index (χ1n) is 5.81. The van der Waals surface area contributed by atoms with Crippen molar-refractivity contribution in [3.8, 4) is 0 Å². The van der Waals surface area contributed by atoms with Crippen LogP contribution in [-0.4, -0.2) is 23.9 Å². The molecular formula is C13H21N3O. The van der Waals surface area contributed by atoms with Gasteiger partial charge < -0.3 is 0 Å². The largest absolute Gasteiger partial charge is 0.299 e. The Morgan fingerprint density at radius 3 is 2.47 bits per heavy atom. The zero-order valence-electron chi connectivity index (χ0n) is 10.7. The molecule has 0 aliphatic rings. The van der Waals surface area contributed by atoms with Crippen LogP contribution in [0.3, 0.4) is 0 Å². The summed E-state index contributed by atoms with van der Waals surface area (Å²) < 4.78 is 0. The van der Waals surface area contributed by atoms with Crippen LogP contribution in [0.15, 0.2) is 30.3 Å². The summed E-state index contributed by atoms with van der Waals surface area (Å²) in [5.41, 5.74) is 3.44.